The molecule has 0 amide bonds. The first-order valence-electron chi connectivity index (χ1n) is 7.12. The molecule has 2 rings (SSSR count). The number of benzene rings is 2. The molecule has 0 aliphatic carbocycles. The van der Waals surface area contributed by atoms with Crippen molar-refractivity contribution in [2.75, 3.05) is 13.2 Å². The Kier molecular flexibility index (Phi) is 5.37. The Hall–Kier alpha value is -2.36. The maximum atomic E-state index is 12.1. The van der Waals surface area contributed by atoms with Crippen molar-refractivity contribution in [3.8, 4) is 11.8 Å². The Morgan fingerprint density at radius 2 is 1.96 bits per heavy atom. The molecule has 23 heavy (non-hydrogen) atoms. The summed E-state index contributed by atoms with van der Waals surface area (Å²) in [5.74, 6) is 0.737. The highest BCUT2D eigenvalue weighted by molar-refractivity contribution is 7.89. The van der Waals surface area contributed by atoms with Crippen molar-refractivity contribution < 1.29 is 13.2 Å². The van der Waals surface area contributed by atoms with Gasteiger partial charge in [-0.15, -0.1) is 0 Å². The minimum Gasteiger partial charge on any atom is -0.492 e. The largest absolute Gasteiger partial charge is 0.492 e. The molecule has 0 aromatic heterocycles. The van der Waals surface area contributed by atoms with Crippen molar-refractivity contribution in [2.45, 2.75) is 18.7 Å². The van der Waals surface area contributed by atoms with E-state index >= 15 is 0 Å². The van der Waals surface area contributed by atoms with Crippen molar-refractivity contribution in [2.24, 2.45) is 0 Å². The molecule has 5 nitrogen and oxygen atoms in total. The summed E-state index contributed by atoms with van der Waals surface area (Å²) in [4.78, 5) is 0.0723. The van der Waals surface area contributed by atoms with Gasteiger partial charge in [-0.1, -0.05) is 23.8 Å². The predicted molar refractivity (Wildman–Crippen MR) is 87.8 cm³/mol. The molecule has 120 valence electrons. The molecule has 1 N–H and O–H groups in total. The Balaban J connectivity index is 1.93. The number of ether oxygens (including phenoxy) is 1. The topological polar surface area (TPSA) is 79.2 Å². The van der Waals surface area contributed by atoms with E-state index in [-0.39, 0.29) is 18.0 Å². The first-order valence-corrected chi connectivity index (χ1v) is 8.60. The molecule has 2 aromatic rings. The van der Waals surface area contributed by atoms with Gasteiger partial charge in [0.15, 0.2) is 0 Å². The second-order valence-corrected chi connectivity index (χ2v) is 6.92. The van der Waals surface area contributed by atoms with Gasteiger partial charge in [0.1, 0.15) is 12.4 Å². The molecule has 0 unspecified atom stereocenters. The number of nitrogens with one attached hydrogen (secondary N) is 1. The summed E-state index contributed by atoms with van der Waals surface area (Å²) in [6, 6.07) is 13.6. The lowest BCUT2D eigenvalue weighted by Gasteiger charge is -2.11. The van der Waals surface area contributed by atoms with Crippen molar-refractivity contribution in [3.05, 3.63) is 59.2 Å². The minimum absolute atomic E-state index is 0.0723. The fraction of sp³-hybridized carbons (Fsp3) is 0.235. The van der Waals surface area contributed by atoms with Crippen LogP contribution < -0.4 is 9.46 Å². The van der Waals surface area contributed by atoms with Crippen LogP contribution in [-0.2, 0) is 10.0 Å². The summed E-state index contributed by atoms with van der Waals surface area (Å²) >= 11 is 0. The van der Waals surface area contributed by atoms with E-state index in [4.69, 9.17) is 10.00 Å². The molecule has 0 heterocycles. The van der Waals surface area contributed by atoms with Gasteiger partial charge in [-0.2, -0.15) is 5.26 Å². The fourth-order valence-electron chi connectivity index (χ4n) is 2.11. The van der Waals surface area contributed by atoms with Gasteiger partial charge in [0.05, 0.1) is 16.5 Å². The lowest BCUT2D eigenvalue weighted by Crippen LogP contribution is -2.28. The van der Waals surface area contributed by atoms with Crippen LogP contribution in [0.15, 0.2) is 47.4 Å². The van der Waals surface area contributed by atoms with Crippen LogP contribution in [0.2, 0.25) is 0 Å². The summed E-state index contributed by atoms with van der Waals surface area (Å²) in [6.07, 6.45) is 0. The second kappa shape index (κ2) is 7.27. The van der Waals surface area contributed by atoms with Gasteiger partial charge in [0.25, 0.3) is 0 Å². The zero-order valence-corrected chi connectivity index (χ0v) is 13.9. The first kappa shape index (κ1) is 17.0. The molecule has 0 spiro atoms. The summed E-state index contributed by atoms with van der Waals surface area (Å²) in [7, 11) is -3.65. The van der Waals surface area contributed by atoms with E-state index in [9.17, 15) is 8.42 Å². The van der Waals surface area contributed by atoms with E-state index in [1.54, 1.807) is 12.1 Å². The van der Waals surface area contributed by atoms with Gasteiger partial charge in [0.2, 0.25) is 10.0 Å². The third kappa shape index (κ3) is 4.55. The van der Waals surface area contributed by atoms with Crippen molar-refractivity contribution in [1.29, 1.82) is 5.26 Å². The van der Waals surface area contributed by atoms with E-state index in [2.05, 4.69) is 4.72 Å². The Morgan fingerprint density at radius 3 is 2.65 bits per heavy atom. The van der Waals surface area contributed by atoms with E-state index < -0.39 is 10.0 Å². The quantitative estimate of drug-likeness (QED) is 0.826. The molecular weight excluding hydrogens is 312 g/mol. The van der Waals surface area contributed by atoms with Crippen LogP contribution in [0.1, 0.15) is 16.7 Å². The number of nitrogens with zero attached hydrogens (tertiary/aromatic N) is 1. The van der Waals surface area contributed by atoms with Crippen LogP contribution in [0.25, 0.3) is 0 Å². The van der Waals surface area contributed by atoms with Gasteiger partial charge in [0, 0.05) is 6.54 Å². The van der Waals surface area contributed by atoms with Crippen molar-refractivity contribution >= 4 is 10.0 Å². The van der Waals surface area contributed by atoms with Crippen LogP contribution in [-0.4, -0.2) is 21.6 Å². The molecule has 0 saturated carbocycles. The van der Waals surface area contributed by atoms with Gasteiger partial charge in [-0.05, 0) is 43.7 Å². The lowest BCUT2D eigenvalue weighted by atomic mass is 10.1. The summed E-state index contributed by atoms with van der Waals surface area (Å²) in [5, 5.41) is 8.83. The van der Waals surface area contributed by atoms with Crippen LogP contribution >= 0.6 is 0 Å². The number of nitriles is 1. The zero-order valence-electron chi connectivity index (χ0n) is 13.0. The highest BCUT2D eigenvalue weighted by Gasteiger charge is 2.13. The predicted octanol–water partition coefficient (Wildman–Crippen LogP) is 2.53. The van der Waals surface area contributed by atoms with Crippen LogP contribution in [0.5, 0.6) is 5.75 Å². The SMILES string of the molecule is Cc1ccc(OCCNS(=O)(=O)c2cccc(C#N)c2)c(C)c1. The Labute approximate surface area is 136 Å². The third-order valence-electron chi connectivity index (χ3n) is 3.26. The Morgan fingerprint density at radius 1 is 1.17 bits per heavy atom. The molecule has 0 aliphatic rings. The number of sulfonamides is 1. The molecule has 0 fully saturated rings. The van der Waals surface area contributed by atoms with Crippen LogP contribution in [0, 0.1) is 25.2 Å². The number of aryl methyl sites for hydroxylation is 2. The molecule has 0 radical (unpaired) electrons. The van der Waals surface area contributed by atoms with Gasteiger partial charge in [-0.25, -0.2) is 13.1 Å². The summed E-state index contributed by atoms with van der Waals surface area (Å²) in [6.45, 7) is 4.31. The lowest BCUT2D eigenvalue weighted by molar-refractivity contribution is 0.320. The van der Waals surface area contributed by atoms with E-state index in [0.29, 0.717) is 5.56 Å². The van der Waals surface area contributed by atoms with E-state index in [1.807, 2.05) is 38.1 Å². The molecule has 0 aliphatic heterocycles. The summed E-state index contributed by atoms with van der Waals surface area (Å²) < 4.78 is 32.3. The van der Waals surface area contributed by atoms with E-state index in [1.165, 1.54) is 12.1 Å². The third-order valence-corrected chi connectivity index (χ3v) is 4.71. The highest BCUT2D eigenvalue weighted by Crippen LogP contribution is 2.18. The smallest absolute Gasteiger partial charge is 0.240 e. The monoisotopic (exact) mass is 330 g/mol. The molecule has 6 heteroatoms. The minimum atomic E-state index is -3.65. The maximum Gasteiger partial charge on any atom is 0.240 e. The van der Waals surface area contributed by atoms with Gasteiger partial charge in [-0.3, -0.25) is 0 Å². The standard InChI is InChI=1S/C17H18N2O3S/c1-13-6-7-17(14(2)10-13)22-9-8-19-23(20,21)16-5-3-4-15(11-16)12-18/h3-7,10-11,19H,8-9H2,1-2H3. The summed E-state index contributed by atoms with van der Waals surface area (Å²) in [5.41, 5.74) is 2.46. The first-order chi connectivity index (χ1) is 10.9. The van der Waals surface area contributed by atoms with Gasteiger partial charge < -0.3 is 4.74 Å². The number of rotatable bonds is 6. The zero-order chi connectivity index (χ0) is 16.9. The van der Waals surface area contributed by atoms with Gasteiger partial charge >= 0.3 is 0 Å². The average Bonchev–Trinajstić information content (AvgIpc) is 2.53. The number of hydrogen-bond acceptors (Lipinski definition) is 4. The Bertz CT molecular complexity index is 839. The fourth-order valence-corrected chi connectivity index (χ4v) is 3.17. The van der Waals surface area contributed by atoms with Crippen molar-refractivity contribution in [1.82, 2.24) is 4.72 Å². The molecule has 0 atom stereocenters. The normalized spacial score (nSPS) is 11.0. The van der Waals surface area contributed by atoms with Crippen molar-refractivity contribution in [3.63, 3.8) is 0 Å². The molecule has 2 aromatic carbocycles. The van der Waals surface area contributed by atoms with E-state index in [0.717, 1.165) is 16.9 Å². The molecular formula is C17H18N2O3S. The molecule has 0 bridgehead atoms. The highest BCUT2D eigenvalue weighted by atomic mass is 32.2. The van der Waals surface area contributed by atoms with Crippen LogP contribution in [0.4, 0.5) is 0 Å². The average molecular weight is 330 g/mol. The second-order valence-electron chi connectivity index (χ2n) is 5.15. The number of hydrogen-bond donors (Lipinski definition) is 1. The van der Waals surface area contributed by atoms with Crippen LogP contribution in [0.3, 0.4) is 0 Å². The molecule has 0 saturated heterocycles. The maximum absolute atomic E-state index is 12.1.